The summed E-state index contributed by atoms with van der Waals surface area (Å²) in [5, 5.41) is 4.72. The number of rotatable bonds is 1. The van der Waals surface area contributed by atoms with Crippen LogP contribution in [0.25, 0.3) is 10.8 Å². The fourth-order valence-corrected chi connectivity index (χ4v) is 4.76. The van der Waals surface area contributed by atoms with Crippen molar-refractivity contribution in [3.63, 3.8) is 0 Å². The molecule has 0 saturated carbocycles. The third-order valence-electron chi connectivity index (χ3n) is 2.28. The van der Waals surface area contributed by atoms with Crippen LogP contribution in [0.15, 0.2) is 16.0 Å². The lowest BCUT2D eigenvalue weighted by Crippen LogP contribution is -1.95. The van der Waals surface area contributed by atoms with Gasteiger partial charge in [0.25, 0.3) is 0 Å². The summed E-state index contributed by atoms with van der Waals surface area (Å²) in [6, 6.07) is 0. The van der Waals surface area contributed by atoms with Gasteiger partial charge in [-0.25, -0.2) is 4.98 Å². The highest BCUT2D eigenvalue weighted by atomic mass is 32.1. The first-order chi connectivity index (χ1) is 5.83. The van der Waals surface area contributed by atoms with Crippen LogP contribution in [-0.2, 0) is 4.57 Å². The monoisotopic (exact) mass is 195 g/mol. The van der Waals surface area contributed by atoms with Gasteiger partial charge in [-0.2, -0.15) is 0 Å². The highest BCUT2D eigenvalue weighted by molar-refractivity contribution is 8.06. The van der Waals surface area contributed by atoms with Gasteiger partial charge in [0.1, 0.15) is 0 Å². The Kier molecular flexibility index (Phi) is 0.640. The Morgan fingerprint density at radius 2 is 2.33 bits per heavy atom. The summed E-state index contributed by atoms with van der Waals surface area (Å²) < 4.78 is 16.9. The topological polar surface area (TPSA) is 43.1 Å². The second kappa shape index (κ2) is 1.34. The van der Waals surface area contributed by atoms with E-state index in [-0.39, 0.29) is 0 Å². The van der Waals surface area contributed by atoms with Gasteiger partial charge in [0, 0.05) is 11.6 Å². The van der Waals surface area contributed by atoms with Crippen LogP contribution in [-0.4, -0.2) is 4.98 Å². The Morgan fingerprint density at radius 1 is 1.50 bits per heavy atom. The fraction of sp³-hybridized carbons (Fsp3) is 0. The molecule has 2 aromatic rings. The predicted octanol–water partition coefficient (Wildman–Crippen LogP) is 0.669. The largest absolute Gasteiger partial charge is 0.448 e. The van der Waals surface area contributed by atoms with E-state index in [0.717, 1.165) is 26.9 Å². The van der Waals surface area contributed by atoms with Crippen molar-refractivity contribution in [1.29, 1.82) is 0 Å². The predicted molar refractivity (Wildman–Crippen MR) is 46.3 cm³/mol. The molecule has 5 rings (SSSR count). The van der Waals surface area contributed by atoms with Crippen LogP contribution in [0.5, 0.6) is 0 Å². The Morgan fingerprint density at radius 3 is 2.83 bits per heavy atom. The summed E-state index contributed by atoms with van der Waals surface area (Å²) in [4.78, 5) is 4.11. The summed E-state index contributed by atoms with van der Waals surface area (Å²) in [5.74, 6) is 0.762. The third kappa shape index (κ3) is 0.376. The van der Waals surface area contributed by atoms with Gasteiger partial charge in [0.05, 0.1) is 10.6 Å². The molecule has 0 aliphatic carbocycles. The quantitative estimate of drug-likeness (QED) is 0.419. The molecule has 2 aromatic heterocycles. The molecule has 58 valence electrons. The minimum absolute atomic E-state index is 0.752. The van der Waals surface area contributed by atoms with E-state index in [1.54, 1.807) is 6.20 Å². The minimum atomic E-state index is -2.03. The molecular weight excluding hydrogens is 193 g/mol. The van der Waals surface area contributed by atoms with Crippen molar-refractivity contribution in [2.75, 3.05) is 0 Å². The van der Waals surface area contributed by atoms with E-state index >= 15 is 0 Å². The fourth-order valence-electron chi connectivity index (χ4n) is 1.58. The highest BCUT2D eigenvalue weighted by Crippen LogP contribution is 2.70. The number of hydrogen-bond acceptors (Lipinski definition) is 4. The molecule has 0 aromatic carbocycles. The molecule has 1 atom stereocenters. The summed E-state index contributed by atoms with van der Waals surface area (Å²) in [7, 11) is -2.03. The van der Waals surface area contributed by atoms with Crippen molar-refractivity contribution in [2.45, 2.75) is 0 Å². The van der Waals surface area contributed by atoms with Crippen LogP contribution < -0.4 is 16.1 Å². The third-order valence-corrected chi connectivity index (χ3v) is 5.61. The molecule has 0 saturated heterocycles. The van der Waals surface area contributed by atoms with Crippen LogP contribution >= 0.6 is 18.5 Å². The normalized spacial score (nSPS) is 27.0. The molecule has 12 heavy (non-hydrogen) atoms. The lowest BCUT2D eigenvalue weighted by molar-refractivity contribution is 0.590. The molecule has 3 aliphatic heterocycles. The molecule has 5 heteroatoms. The lowest BCUT2D eigenvalue weighted by Gasteiger charge is -1.82. The van der Waals surface area contributed by atoms with Crippen molar-refractivity contribution in [2.24, 2.45) is 0 Å². The summed E-state index contributed by atoms with van der Waals surface area (Å²) in [5.41, 5.74) is 0.752. The molecule has 0 radical (unpaired) electrons. The average molecular weight is 195 g/mol. The zero-order valence-corrected chi connectivity index (χ0v) is 7.48. The molecule has 5 heterocycles. The lowest BCUT2D eigenvalue weighted by atomic mass is 10.5. The van der Waals surface area contributed by atoms with Gasteiger partial charge in [-0.05, 0) is 0 Å². The Bertz CT molecular complexity index is 545. The van der Waals surface area contributed by atoms with Crippen molar-refractivity contribution in [1.82, 2.24) is 4.98 Å². The number of aromatic nitrogens is 1. The van der Waals surface area contributed by atoms with Gasteiger partial charge in [-0.3, -0.25) is 0 Å². The SMILES string of the molecule is O=P12c3oc(-c4nccs4)c1c32. The van der Waals surface area contributed by atoms with Crippen molar-refractivity contribution < 1.29 is 8.98 Å². The minimum Gasteiger partial charge on any atom is -0.448 e. The zero-order valence-electron chi connectivity index (χ0n) is 5.77. The maximum Gasteiger partial charge on any atom is 0.214 e. The van der Waals surface area contributed by atoms with Gasteiger partial charge >= 0.3 is 0 Å². The maximum atomic E-state index is 11.6. The maximum absolute atomic E-state index is 11.6. The van der Waals surface area contributed by atoms with E-state index in [0.29, 0.717) is 0 Å². The molecule has 0 amide bonds. The Balaban J connectivity index is 2.06. The molecule has 0 spiro atoms. The van der Waals surface area contributed by atoms with E-state index in [1.807, 2.05) is 5.38 Å². The van der Waals surface area contributed by atoms with Gasteiger partial charge < -0.3 is 8.98 Å². The second-order valence-corrected chi connectivity index (χ2v) is 6.29. The van der Waals surface area contributed by atoms with E-state index < -0.39 is 7.14 Å². The Labute approximate surface area is 71.4 Å². The van der Waals surface area contributed by atoms with Crippen LogP contribution in [0, 0.1) is 0 Å². The standard InChI is InChI=1S/C7H2NO2PS/c9-11-4-3(6-8-1-2-12-6)10-7(11)5(4)11/h1-2H. The van der Waals surface area contributed by atoms with Gasteiger partial charge in [-0.15, -0.1) is 11.3 Å². The number of hydrogen-bond donors (Lipinski definition) is 0. The van der Waals surface area contributed by atoms with E-state index in [1.165, 1.54) is 11.3 Å². The molecule has 0 N–H and O–H groups in total. The van der Waals surface area contributed by atoms with Crippen LogP contribution in [0.4, 0.5) is 0 Å². The molecule has 0 fully saturated rings. The van der Waals surface area contributed by atoms with Crippen molar-refractivity contribution >= 4 is 34.6 Å². The smallest absolute Gasteiger partial charge is 0.214 e. The number of thiazole rings is 1. The van der Waals surface area contributed by atoms with Crippen molar-refractivity contribution in [3.8, 4) is 10.8 Å². The van der Waals surface area contributed by atoms with Gasteiger partial charge in [0.15, 0.2) is 16.3 Å². The van der Waals surface area contributed by atoms with Crippen molar-refractivity contribution in [3.05, 3.63) is 11.6 Å². The first-order valence-electron chi connectivity index (χ1n) is 3.52. The molecule has 3 nitrogen and oxygen atoms in total. The molecule has 2 bridgehead atoms. The second-order valence-electron chi connectivity index (χ2n) is 2.88. The van der Waals surface area contributed by atoms with E-state index in [2.05, 4.69) is 4.98 Å². The number of fused-ring (bicyclic) bond motifs is 1. The van der Waals surface area contributed by atoms with Crippen LogP contribution in [0.2, 0.25) is 0 Å². The van der Waals surface area contributed by atoms with Gasteiger partial charge in [-0.1, -0.05) is 0 Å². The zero-order chi connectivity index (χ0) is 7.92. The number of nitrogens with zero attached hydrogens (tertiary/aromatic N) is 1. The Hall–Kier alpha value is -0.860. The van der Waals surface area contributed by atoms with Gasteiger partial charge in [0.2, 0.25) is 7.14 Å². The van der Waals surface area contributed by atoms with Crippen LogP contribution in [0.3, 0.4) is 0 Å². The first kappa shape index (κ1) is 5.73. The summed E-state index contributed by atoms with van der Waals surface area (Å²) in [6.07, 6.45) is 1.73. The first-order valence-corrected chi connectivity index (χ1v) is 6.10. The highest BCUT2D eigenvalue weighted by Gasteiger charge is 2.74. The van der Waals surface area contributed by atoms with Crippen LogP contribution in [0.1, 0.15) is 0 Å². The molecular formula is C7H2NO2PS. The summed E-state index contributed by atoms with van der Waals surface area (Å²) in [6.45, 7) is 0. The molecule has 1 unspecified atom stereocenters. The average Bonchev–Trinajstić information content (AvgIpc) is 2.75. The summed E-state index contributed by atoms with van der Waals surface area (Å²) >= 11 is 1.52. The van der Waals surface area contributed by atoms with E-state index in [4.69, 9.17) is 4.42 Å². The van der Waals surface area contributed by atoms with E-state index in [9.17, 15) is 4.57 Å². The molecule has 3 aliphatic rings. The number of furan rings is 1.